The Morgan fingerprint density at radius 3 is 1.35 bits per heavy atom. The third-order valence-electron chi connectivity index (χ3n) is 3.39. The Morgan fingerprint density at radius 1 is 0.600 bits per heavy atom. The van der Waals surface area contributed by atoms with Crippen LogP contribution in [-0.2, 0) is 11.8 Å². The highest BCUT2D eigenvalue weighted by Gasteiger charge is 2.12. The van der Waals surface area contributed by atoms with Crippen LogP contribution in [0.15, 0.2) is 0 Å². The molecule has 0 radical (unpaired) electrons. The standard InChI is InChI=1S/C16H34PS3/c1-3-5-7-9-11-13-15-19-17(18)20-16-14-12-10-8-6-4-2/h3-16H2,1-2H3/q+1. The lowest BCUT2D eigenvalue weighted by Crippen LogP contribution is -1.81. The van der Waals surface area contributed by atoms with Gasteiger partial charge in [-0.2, -0.15) is 0 Å². The molecular formula is C16H34PS3+. The Balaban J connectivity index is 3.13. The van der Waals surface area contributed by atoms with Gasteiger partial charge >= 0.3 is 5.10 Å². The zero-order valence-corrected chi connectivity index (χ0v) is 16.9. The van der Waals surface area contributed by atoms with Crippen molar-refractivity contribution in [3.63, 3.8) is 0 Å². The van der Waals surface area contributed by atoms with E-state index in [1.165, 1.54) is 88.6 Å². The average Bonchev–Trinajstić information content (AvgIpc) is 2.45. The molecule has 0 saturated heterocycles. The van der Waals surface area contributed by atoms with Gasteiger partial charge in [-0.25, -0.2) is 0 Å². The van der Waals surface area contributed by atoms with E-state index in [0.717, 1.165) is 0 Å². The van der Waals surface area contributed by atoms with Crippen molar-refractivity contribution in [2.45, 2.75) is 90.9 Å². The van der Waals surface area contributed by atoms with E-state index in [1.807, 2.05) is 0 Å². The van der Waals surface area contributed by atoms with E-state index in [9.17, 15) is 0 Å². The van der Waals surface area contributed by atoms with E-state index < -0.39 is 0 Å². The van der Waals surface area contributed by atoms with E-state index >= 15 is 0 Å². The molecule has 4 heteroatoms. The molecule has 0 heterocycles. The fraction of sp³-hybridized carbons (Fsp3) is 1.00. The van der Waals surface area contributed by atoms with Gasteiger partial charge < -0.3 is 0 Å². The Kier molecular flexibility index (Phi) is 19.4. The van der Waals surface area contributed by atoms with Crippen LogP contribution >= 0.6 is 27.9 Å². The first kappa shape index (κ1) is 21.2. The van der Waals surface area contributed by atoms with Crippen LogP contribution in [0.4, 0.5) is 0 Å². The summed E-state index contributed by atoms with van der Waals surface area (Å²) >= 11 is 9.68. The van der Waals surface area contributed by atoms with Gasteiger partial charge in [0.25, 0.3) is 0 Å². The van der Waals surface area contributed by atoms with Crippen molar-refractivity contribution in [3.05, 3.63) is 0 Å². The summed E-state index contributed by atoms with van der Waals surface area (Å²) < 4.78 is 0. The summed E-state index contributed by atoms with van der Waals surface area (Å²) in [7, 11) is 0. The number of hydrogen-bond acceptors (Lipinski definition) is 3. The fourth-order valence-corrected chi connectivity index (χ4v) is 8.37. The molecule has 0 fully saturated rings. The van der Waals surface area contributed by atoms with Gasteiger partial charge in [-0.1, -0.05) is 78.1 Å². The van der Waals surface area contributed by atoms with Crippen LogP contribution in [0, 0.1) is 0 Å². The van der Waals surface area contributed by atoms with Crippen LogP contribution < -0.4 is 0 Å². The normalized spacial score (nSPS) is 10.9. The first-order chi connectivity index (χ1) is 9.81. The smallest absolute Gasteiger partial charge is 0.0654 e. The Labute approximate surface area is 141 Å². The molecule has 0 rings (SSSR count). The minimum atomic E-state index is -0.219. The van der Waals surface area contributed by atoms with E-state index in [1.54, 1.807) is 0 Å². The zero-order chi connectivity index (χ0) is 14.9. The lowest BCUT2D eigenvalue weighted by atomic mass is 10.1. The second-order valence-corrected chi connectivity index (χ2v) is 14.1. The van der Waals surface area contributed by atoms with Crippen LogP contribution in [0.2, 0.25) is 0 Å². The van der Waals surface area contributed by atoms with Crippen molar-refractivity contribution in [2.75, 3.05) is 11.5 Å². The molecule has 0 atom stereocenters. The molecule has 0 spiro atoms. The average molecular weight is 354 g/mol. The van der Waals surface area contributed by atoms with E-state index in [4.69, 9.17) is 11.8 Å². The van der Waals surface area contributed by atoms with Gasteiger partial charge in [-0.3, -0.25) is 0 Å². The summed E-state index contributed by atoms with van der Waals surface area (Å²) in [6, 6.07) is 0. The van der Waals surface area contributed by atoms with Crippen LogP contribution in [0.25, 0.3) is 0 Å². The van der Waals surface area contributed by atoms with Crippen molar-refractivity contribution in [3.8, 4) is 0 Å². The van der Waals surface area contributed by atoms with E-state index in [2.05, 4.69) is 36.6 Å². The fourth-order valence-electron chi connectivity index (χ4n) is 2.08. The minimum absolute atomic E-state index is 0.219. The molecule has 0 N–H and O–H groups in total. The maximum absolute atomic E-state index is 5.57. The minimum Gasteiger partial charge on any atom is -0.0654 e. The molecule has 0 aromatic rings. The lowest BCUT2D eigenvalue weighted by Gasteiger charge is -1.98. The van der Waals surface area contributed by atoms with Crippen molar-refractivity contribution >= 4 is 39.7 Å². The maximum Gasteiger partial charge on any atom is 0.317 e. The van der Waals surface area contributed by atoms with Crippen molar-refractivity contribution in [1.82, 2.24) is 0 Å². The van der Waals surface area contributed by atoms with Gasteiger partial charge in [0, 0.05) is 11.5 Å². The highest BCUT2D eigenvalue weighted by atomic mass is 33.2. The second-order valence-electron chi connectivity index (χ2n) is 5.43. The first-order valence-corrected chi connectivity index (χ1v) is 14.1. The lowest BCUT2D eigenvalue weighted by molar-refractivity contribution is 0.627. The number of hydrogen-bond donors (Lipinski definition) is 0. The molecule has 0 unspecified atom stereocenters. The summed E-state index contributed by atoms with van der Waals surface area (Å²) in [5, 5.41) is -0.219. The topological polar surface area (TPSA) is 0 Å². The largest absolute Gasteiger partial charge is 0.317 e. The summed E-state index contributed by atoms with van der Waals surface area (Å²) in [6.45, 7) is 4.56. The number of rotatable bonds is 16. The third-order valence-corrected chi connectivity index (χ3v) is 10.9. The van der Waals surface area contributed by atoms with Gasteiger partial charge in [0.05, 0.1) is 0 Å². The molecule has 0 aromatic carbocycles. The summed E-state index contributed by atoms with van der Waals surface area (Å²) in [5.74, 6) is 2.59. The molecule has 0 saturated carbocycles. The van der Waals surface area contributed by atoms with Crippen LogP contribution in [0.1, 0.15) is 90.9 Å². The van der Waals surface area contributed by atoms with Gasteiger partial charge in [0.1, 0.15) is 22.8 Å². The van der Waals surface area contributed by atoms with Gasteiger partial charge in [-0.05, 0) is 12.8 Å². The Morgan fingerprint density at radius 2 is 0.950 bits per heavy atom. The van der Waals surface area contributed by atoms with Crippen LogP contribution in [-0.4, -0.2) is 11.5 Å². The summed E-state index contributed by atoms with van der Waals surface area (Å²) in [6.07, 6.45) is 16.8. The molecule has 20 heavy (non-hydrogen) atoms. The highest BCUT2D eigenvalue weighted by Crippen LogP contribution is 2.51. The first-order valence-electron chi connectivity index (χ1n) is 8.54. The quantitative estimate of drug-likeness (QED) is 0.204. The molecule has 0 amide bonds. The van der Waals surface area contributed by atoms with Crippen LogP contribution in [0.3, 0.4) is 0 Å². The monoisotopic (exact) mass is 353 g/mol. The summed E-state index contributed by atoms with van der Waals surface area (Å²) in [4.78, 5) is 0. The van der Waals surface area contributed by atoms with Gasteiger partial charge in [-0.15, -0.1) is 0 Å². The zero-order valence-electron chi connectivity index (χ0n) is 13.6. The molecule has 0 aliphatic heterocycles. The Bertz CT molecular complexity index is 190. The summed E-state index contributed by atoms with van der Waals surface area (Å²) in [5.41, 5.74) is 0. The third kappa shape index (κ3) is 17.3. The molecule has 0 aliphatic carbocycles. The second kappa shape index (κ2) is 18.3. The number of unbranched alkanes of at least 4 members (excludes halogenated alkanes) is 10. The highest BCUT2D eigenvalue weighted by molar-refractivity contribution is 8.94. The van der Waals surface area contributed by atoms with Crippen molar-refractivity contribution in [2.24, 2.45) is 0 Å². The molecule has 120 valence electrons. The maximum atomic E-state index is 5.57. The molecule has 0 aromatic heterocycles. The Hall–Kier alpha value is 1.22. The molecule has 0 nitrogen and oxygen atoms in total. The van der Waals surface area contributed by atoms with Crippen molar-refractivity contribution in [1.29, 1.82) is 0 Å². The molecule has 0 aliphatic rings. The van der Waals surface area contributed by atoms with Gasteiger partial charge in [0.2, 0.25) is 0 Å². The van der Waals surface area contributed by atoms with Gasteiger partial charge in [0.15, 0.2) is 11.8 Å². The molecule has 0 bridgehead atoms. The predicted octanol–water partition coefficient (Wildman–Crippen LogP) is 7.95. The van der Waals surface area contributed by atoms with E-state index in [0.29, 0.717) is 0 Å². The van der Waals surface area contributed by atoms with Crippen LogP contribution in [0.5, 0.6) is 0 Å². The SMILES string of the molecule is CCCCCCCCS[P+](=S)SCCCCCCCC. The van der Waals surface area contributed by atoms with E-state index in [-0.39, 0.29) is 5.10 Å². The molecular weight excluding hydrogens is 319 g/mol. The predicted molar refractivity (Wildman–Crippen MR) is 106 cm³/mol. The van der Waals surface area contributed by atoms with Crippen molar-refractivity contribution < 1.29 is 0 Å².